The summed E-state index contributed by atoms with van der Waals surface area (Å²) in [7, 11) is 0. The van der Waals surface area contributed by atoms with Crippen molar-refractivity contribution in [1.82, 2.24) is 0 Å². The van der Waals surface area contributed by atoms with Gasteiger partial charge in [0.1, 0.15) is 11.4 Å². The molecule has 0 radical (unpaired) electrons. The van der Waals surface area contributed by atoms with Crippen LogP contribution in [0.2, 0.25) is 0 Å². The monoisotopic (exact) mass is 301 g/mol. The lowest BCUT2D eigenvalue weighted by molar-refractivity contribution is 0.341. The van der Waals surface area contributed by atoms with Crippen LogP contribution in [0.3, 0.4) is 0 Å². The van der Waals surface area contributed by atoms with Gasteiger partial charge in [-0.05, 0) is 19.1 Å². The summed E-state index contributed by atoms with van der Waals surface area (Å²) in [6.07, 6.45) is 0. The number of nitrogens with zero attached hydrogens (tertiary/aromatic N) is 1. The van der Waals surface area contributed by atoms with E-state index in [4.69, 9.17) is 9.73 Å². The Hall–Kier alpha value is -2.87. The molecular formula is C21H19NO. The maximum Gasteiger partial charge on any atom is 0.144 e. The van der Waals surface area contributed by atoms with Crippen molar-refractivity contribution in [2.75, 3.05) is 6.61 Å². The van der Waals surface area contributed by atoms with E-state index < -0.39 is 0 Å². The van der Waals surface area contributed by atoms with Crippen molar-refractivity contribution in [3.8, 4) is 5.75 Å². The average molecular weight is 301 g/mol. The van der Waals surface area contributed by atoms with Crippen LogP contribution in [0.4, 0.5) is 5.69 Å². The van der Waals surface area contributed by atoms with Crippen molar-refractivity contribution in [2.24, 2.45) is 4.99 Å². The van der Waals surface area contributed by atoms with Crippen molar-refractivity contribution in [3.05, 3.63) is 96.1 Å². The molecule has 2 heteroatoms. The second kappa shape index (κ2) is 7.41. The largest absolute Gasteiger partial charge is 0.492 e. The van der Waals surface area contributed by atoms with Crippen molar-refractivity contribution >= 4 is 11.4 Å². The first-order valence-corrected chi connectivity index (χ1v) is 7.80. The molecule has 0 fully saturated rings. The topological polar surface area (TPSA) is 21.6 Å². The minimum atomic E-state index is 0.624. The normalized spacial score (nSPS) is 10.1. The van der Waals surface area contributed by atoms with E-state index in [1.165, 1.54) is 0 Å². The first kappa shape index (κ1) is 15.0. The smallest absolute Gasteiger partial charge is 0.144 e. The molecule has 0 aliphatic carbocycles. The van der Waals surface area contributed by atoms with Gasteiger partial charge in [-0.15, -0.1) is 0 Å². The van der Waals surface area contributed by atoms with Gasteiger partial charge in [-0.1, -0.05) is 72.8 Å². The highest BCUT2D eigenvalue weighted by Crippen LogP contribution is 2.28. The van der Waals surface area contributed by atoms with Crippen molar-refractivity contribution in [1.29, 1.82) is 0 Å². The Balaban J connectivity index is 2.13. The third-order valence-corrected chi connectivity index (χ3v) is 3.49. The number of aliphatic imine (C=N–C) groups is 1. The number of ether oxygens (including phenoxy) is 1. The van der Waals surface area contributed by atoms with E-state index in [2.05, 4.69) is 24.3 Å². The van der Waals surface area contributed by atoms with E-state index in [9.17, 15) is 0 Å². The molecule has 3 aromatic rings. The minimum Gasteiger partial charge on any atom is -0.492 e. The Morgan fingerprint density at radius 3 is 1.83 bits per heavy atom. The van der Waals surface area contributed by atoms with Gasteiger partial charge in [0.25, 0.3) is 0 Å². The molecule has 0 aliphatic rings. The molecule has 0 N–H and O–H groups in total. The quantitative estimate of drug-likeness (QED) is 0.589. The highest BCUT2D eigenvalue weighted by Gasteiger charge is 2.09. The van der Waals surface area contributed by atoms with Crippen LogP contribution in [0, 0.1) is 0 Å². The molecule has 0 aromatic heterocycles. The van der Waals surface area contributed by atoms with Crippen LogP contribution in [0.5, 0.6) is 5.75 Å². The minimum absolute atomic E-state index is 0.624. The van der Waals surface area contributed by atoms with E-state index in [0.29, 0.717) is 6.61 Å². The van der Waals surface area contributed by atoms with Crippen LogP contribution < -0.4 is 4.74 Å². The molecule has 0 unspecified atom stereocenters. The van der Waals surface area contributed by atoms with E-state index in [1.54, 1.807) is 0 Å². The van der Waals surface area contributed by atoms with E-state index in [0.717, 1.165) is 28.3 Å². The number of benzene rings is 3. The Morgan fingerprint density at radius 1 is 0.739 bits per heavy atom. The number of hydrogen-bond donors (Lipinski definition) is 0. The predicted molar refractivity (Wildman–Crippen MR) is 95.8 cm³/mol. The SMILES string of the molecule is CCOc1ccccc1N=C(c1ccccc1)c1ccccc1. The molecule has 0 aliphatic heterocycles. The van der Waals surface area contributed by atoms with Gasteiger partial charge in [0.05, 0.1) is 12.3 Å². The molecule has 3 rings (SSSR count). The van der Waals surface area contributed by atoms with Crippen LogP contribution in [0.1, 0.15) is 18.1 Å². The lowest BCUT2D eigenvalue weighted by atomic mass is 10.0. The number of rotatable bonds is 5. The van der Waals surface area contributed by atoms with Gasteiger partial charge in [0.15, 0.2) is 0 Å². The highest BCUT2D eigenvalue weighted by atomic mass is 16.5. The standard InChI is InChI=1S/C21H19NO/c1-2-23-20-16-10-9-15-19(20)22-21(17-11-5-3-6-12-17)18-13-7-4-8-14-18/h3-16H,2H2,1H3. The van der Waals surface area contributed by atoms with E-state index in [-0.39, 0.29) is 0 Å². The van der Waals surface area contributed by atoms with Crippen molar-refractivity contribution in [2.45, 2.75) is 6.92 Å². The summed E-state index contributed by atoms with van der Waals surface area (Å²) in [5.74, 6) is 0.805. The van der Waals surface area contributed by atoms with E-state index in [1.807, 2.05) is 67.6 Å². The van der Waals surface area contributed by atoms with Crippen LogP contribution in [-0.2, 0) is 0 Å². The molecule has 0 amide bonds. The molecular weight excluding hydrogens is 282 g/mol. The molecule has 2 nitrogen and oxygen atoms in total. The first-order valence-electron chi connectivity index (χ1n) is 7.80. The van der Waals surface area contributed by atoms with Crippen LogP contribution in [0.25, 0.3) is 0 Å². The molecule has 0 saturated carbocycles. The fourth-order valence-corrected chi connectivity index (χ4v) is 2.44. The maximum absolute atomic E-state index is 5.70. The number of para-hydroxylation sites is 2. The lowest BCUT2D eigenvalue weighted by Gasteiger charge is -2.10. The second-order valence-electron chi connectivity index (χ2n) is 5.09. The van der Waals surface area contributed by atoms with Gasteiger partial charge in [-0.25, -0.2) is 4.99 Å². The summed E-state index contributed by atoms with van der Waals surface area (Å²) in [5, 5.41) is 0. The molecule has 0 spiro atoms. The van der Waals surface area contributed by atoms with Gasteiger partial charge in [0.2, 0.25) is 0 Å². The summed E-state index contributed by atoms with van der Waals surface area (Å²) < 4.78 is 5.70. The zero-order valence-corrected chi connectivity index (χ0v) is 13.1. The molecule has 0 saturated heterocycles. The Labute approximate surface area is 137 Å². The van der Waals surface area contributed by atoms with Gasteiger partial charge >= 0.3 is 0 Å². The average Bonchev–Trinajstić information content (AvgIpc) is 2.63. The lowest BCUT2D eigenvalue weighted by Crippen LogP contribution is -2.03. The molecule has 0 heterocycles. The Morgan fingerprint density at radius 2 is 1.26 bits per heavy atom. The predicted octanol–water partition coefficient (Wildman–Crippen LogP) is 5.25. The Bertz CT molecular complexity index is 738. The van der Waals surface area contributed by atoms with Gasteiger partial charge in [-0.2, -0.15) is 0 Å². The summed E-state index contributed by atoms with van der Waals surface area (Å²) in [6.45, 7) is 2.61. The Kier molecular flexibility index (Phi) is 4.85. The molecule has 0 bridgehead atoms. The fourth-order valence-electron chi connectivity index (χ4n) is 2.44. The van der Waals surface area contributed by atoms with Gasteiger partial charge < -0.3 is 4.74 Å². The van der Waals surface area contributed by atoms with Gasteiger partial charge in [0, 0.05) is 11.1 Å². The summed E-state index contributed by atoms with van der Waals surface area (Å²) in [4.78, 5) is 4.91. The van der Waals surface area contributed by atoms with Crippen LogP contribution >= 0.6 is 0 Å². The third-order valence-electron chi connectivity index (χ3n) is 3.49. The van der Waals surface area contributed by atoms with Crippen molar-refractivity contribution in [3.63, 3.8) is 0 Å². The summed E-state index contributed by atoms with van der Waals surface area (Å²) in [5.41, 5.74) is 3.96. The zero-order chi connectivity index (χ0) is 15.9. The molecule has 114 valence electrons. The molecule has 0 atom stereocenters. The first-order chi connectivity index (χ1) is 11.4. The second-order valence-corrected chi connectivity index (χ2v) is 5.09. The highest BCUT2D eigenvalue weighted by molar-refractivity contribution is 6.14. The fraction of sp³-hybridized carbons (Fsp3) is 0.0952. The van der Waals surface area contributed by atoms with Crippen LogP contribution in [0.15, 0.2) is 89.9 Å². The molecule has 3 aromatic carbocycles. The summed E-state index contributed by atoms with van der Waals surface area (Å²) in [6, 6.07) is 28.3. The number of hydrogen-bond acceptors (Lipinski definition) is 2. The van der Waals surface area contributed by atoms with Crippen molar-refractivity contribution < 1.29 is 4.74 Å². The zero-order valence-electron chi connectivity index (χ0n) is 13.1. The third kappa shape index (κ3) is 3.67. The maximum atomic E-state index is 5.70. The van der Waals surface area contributed by atoms with Gasteiger partial charge in [-0.3, -0.25) is 0 Å². The summed E-state index contributed by atoms with van der Waals surface area (Å²) >= 11 is 0. The molecule has 23 heavy (non-hydrogen) atoms. The van der Waals surface area contributed by atoms with E-state index >= 15 is 0 Å². The van der Waals surface area contributed by atoms with Crippen LogP contribution in [-0.4, -0.2) is 12.3 Å².